The van der Waals surface area contributed by atoms with E-state index >= 15 is 0 Å². The molecule has 0 amide bonds. The summed E-state index contributed by atoms with van der Waals surface area (Å²) in [5, 5.41) is 1.38. The average Bonchev–Trinajstić information content (AvgIpc) is 3.74. The first-order chi connectivity index (χ1) is 19.7. The lowest BCUT2D eigenvalue weighted by molar-refractivity contribution is 0.233. The van der Waals surface area contributed by atoms with Crippen LogP contribution in [0, 0.1) is 0 Å². The van der Waals surface area contributed by atoms with E-state index in [1.165, 1.54) is 77.0 Å². The van der Waals surface area contributed by atoms with Crippen molar-refractivity contribution in [1.29, 1.82) is 0 Å². The third kappa shape index (κ3) is 6.71. The van der Waals surface area contributed by atoms with Gasteiger partial charge in [-0.3, -0.25) is 4.90 Å². The first-order valence-corrected chi connectivity index (χ1v) is 15.9. The van der Waals surface area contributed by atoms with Gasteiger partial charge >= 0.3 is 0 Å². The number of ether oxygens (including phenoxy) is 2. The number of hydrogen-bond donors (Lipinski definition) is 0. The Morgan fingerprint density at radius 1 is 0.775 bits per heavy atom. The summed E-state index contributed by atoms with van der Waals surface area (Å²) in [5.74, 6) is 1.94. The van der Waals surface area contributed by atoms with Gasteiger partial charge in [0.05, 0.1) is 6.61 Å². The number of likely N-dealkylation sites (tertiary alicyclic amines) is 2. The van der Waals surface area contributed by atoms with Crippen molar-refractivity contribution < 1.29 is 9.47 Å². The molecule has 0 radical (unpaired) electrons. The maximum absolute atomic E-state index is 6.08. The standard InChI is InChI=1S/C35H42N2O2S/c1-36-21-6-7-29(36)20-25-38-30-15-10-27(11-16-30)12-19-33-32-8-2-3-9-34(32)40-35(33)28-13-17-31(18-14-28)39-26-24-37-22-4-5-23-37/h2-3,8-11,13-18,29H,4-7,12,19-26H2,1H3. The van der Waals surface area contributed by atoms with Crippen LogP contribution in [0.2, 0.25) is 0 Å². The number of fused-ring (bicyclic) bond motifs is 1. The van der Waals surface area contributed by atoms with Gasteiger partial charge in [-0.25, -0.2) is 0 Å². The molecule has 4 aromatic rings. The maximum Gasteiger partial charge on any atom is 0.119 e. The molecule has 40 heavy (non-hydrogen) atoms. The van der Waals surface area contributed by atoms with E-state index in [0.717, 1.165) is 50.5 Å². The summed E-state index contributed by atoms with van der Waals surface area (Å²) in [5.41, 5.74) is 4.08. The van der Waals surface area contributed by atoms with Crippen molar-refractivity contribution in [1.82, 2.24) is 9.80 Å². The molecule has 2 aliphatic heterocycles. The van der Waals surface area contributed by atoms with Gasteiger partial charge in [-0.15, -0.1) is 11.3 Å². The molecule has 2 fully saturated rings. The van der Waals surface area contributed by atoms with Crippen LogP contribution in [0.25, 0.3) is 20.5 Å². The van der Waals surface area contributed by atoms with Crippen molar-refractivity contribution in [3.63, 3.8) is 0 Å². The molecule has 0 N–H and O–H groups in total. The minimum atomic E-state index is 0.678. The lowest BCUT2D eigenvalue weighted by Gasteiger charge is -2.19. The number of rotatable bonds is 12. The number of thiophene rings is 1. The summed E-state index contributed by atoms with van der Waals surface area (Å²) in [7, 11) is 2.23. The Kier molecular flexibility index (Phi) is 9.02. The number of benzene rings is 3. The van der Waals surface area contributed by atoms with Crippen molar-refractivity contribution in [2.45, 2.75) is 51.0 Å². The fourth-order valence-corrected chi connectivity index (χ4v) is 7.52. The summed E-state index contributed by atoms with van der Waals surface area (Å²) in [6.07, 6.45) is 8.40. The lowest BCUT2D eigenvalue weighted by atomic mass is 9.99. The van der Waals surface area contributed by atoms with E-state index in [9.17, 15) is 0 Å². The molecule has 5 heteroatoms. The van der Waals surface area contributed by atoms with Gasteiger partial charge in [0.2, 0.25) is 0 Å². The summed E-state index contributed by atoms with van der Waals surface area (Å²) in [4.78, 5) is 6.34. The summed E-state index contributed by atoms with van der Waals surface area (Å²) >= 11 is 1.90. The summed E-state index contributed by atoms with van der Waals surface area (Å²) in [6.45, 7) is 6.23. The van der Waals surface area contributed by atoms with Gasteiger partial charge < -0.3 is 14.4 Å². The molecule has 1 aromatic heterocycles. The molecule has 2 aliphatic rings. The molecule has 1 unspecified atom stereocenters. The minimum Gasteiger partial charge on any atom is -0.494 e. The first kappa shape index (κ1) is 27.3. The van der Waals surface area contributed by atoms with Crippen molar-refractivity contribution in [3.8, 4) is 21.9 Å². The number of aryl methyl sites for hydroxylation is 2. The number of hydrogen-bond acceptors (Lipinski definition) is 5. The topological polar surface area (TPSA) is 24.9 Å². The van der Waals surface area contributed by atoms with E-state index in [4.69, 9.17) is 9.47 Å². The highest BCUT2D eigenvalue weighted by Gasteiger charge is 2.20. The second-order valence-electron chi connectivity index (χ2n) is 11.4. The zero-order valence-corrected chi connectivity index (χ0v) is 24.6. The Balaban J connectivity index is 1.08. The largest absolute Gasteiger partial charge is 0.494 e. The molecule has 0 bridgehead atoms. The van der Waals surface area contributed by atoms with Gasteiger partial charge in [0.25, 0.3) is 0 Å². The predicted molar refractivity (Wildman–Crippen MR) is 168 cm³/mol. The minimum absolute atomic E-state index is 0.678. The lowest BCUT2D eigenvalue weighted by Crippen LogP contribution is -2.26. The molecule has 6 rings (SSSR count). The monoisotopic (exact) mass is 554 g/mol. The van der Waals surface area contributed by atoms with E-state index in [0.29, 0.717) is 6.04 Å². The Labute approximate surface area is 243 Å². The fraction of sp³-hybridized carbons (Fsp3) is 0.429. The second kappa shape index (κ2) is 13.2. The third-order valence-electron chi connectivity index (χ3n) is 8.67. The van der Waals surface area contributed by atoms with Crippen molar-refractivity contribution in [3.05, 3.63) is 83.9 Å². The third-order valence-corrected chi connectivity index (χ3v) is 9.93. The van der Waals surface area contributed by atoms with Gasteiger partial charge in [-0.1, -0.05) is 30.3 Å². The number of nitrogens with zero attached hydrogens (tertiary/aromatic N) is 2. The van der Waals surface area contributed by atoms with Crippen LogP contribution in [0.5, 0.6) is 11.5 Å². The maximum atomic E-state index is 6.08. The Morgan fingerprint density at radius 2 is 1.50 bits per heavy atom. The first-order valence-electron chi connectivity index (χ1n) is 15.1. The highest BCUT2D eigenvalue weighted by atomic mass is 32.1. The average molecular weight is 555 g/mol. The zero-order chi connectivity index (χ0) is 27.1. The van der Waals surface area contributed by atoms with Gasteiger partial charge in [-0.05, 0) is 136 Å². The van der Waals surface area contributed by atoms with E-state index in [1.54, 1.807) is 0 Å². The summed E-state index contributed by atoms with van der Waals surface area (Å²) in [6, 6.07) is 27.0. The molecule has 0 saturated carbocycles. The van der Waals surface area contributed by atoms with E-state index in [-0.39, 0.29) is 0 Å². The van der Waals surface area contributed by atoms with Crippen LogP contribution in [-0.4, -0.2) is 62.3 Å². The molecule has 3 heterocycles. The van der Waals surface area contributed by atoms with E-state index in [1.807, 2.05) is 11.3 Å². The molecule has 210 valence electrons. The molecule has 0 aliphatic carbocycles. The van der Waals surface area contributed by atoms with Gasteiger partial charge in [0, 0.05) is 22.2 Å². The van der Waals surface area contributed by atoms with Crippen LogP contribution in [0.3, 0.4) is 0 Å². The molecule has 1 atom stereocenters. The molecule has 2 saturated heterocycles. The van der Waals surface area contributed by atoms with Crippen LogP contribution in [0.1, 0.15) is 43.2 Å². The molecule has 3 aromatic carbocycles. The van der Waals surface area contributed by atoms with Gasteiger partial charge in [0.1, 0.15) is 18.1 Å². The predicted octanol–water partition coefficient (Wildman–Crippen LogP) is 7.69. The van der Waals surface area contributed by atoms with Crippen molar-refractivity contribution in [2.24, 2.45) is 0 Å². The fourth-order valence-electron chi connectivity index (χ4n) is 6.26. The smallest absolute Gasteiger partial charge is 0.119 e. The van der Waals surface area contributed by atoms with Crippen LogP contribution in [0.4, 0.5) is 0 Å². The zero-order valence-electron chi connectivity index (χ0n) is 23.8. The summed E-state index contributed by atoms with van der Waals surface area (Å²) < 4.78 is 13.5. The quantitative estimate of drug-likeness (QED) is 0.179. The second-order valence-corrected chi connectivity index (χ2v) is 12.4. The van der Waals surface area contributed by atoms with Crippen LogP contribution in [0.15, 0.2) is 72.8 Å². The van der Waals surface area contributed by atoms with Crippen molar-refractivity contribution in [2.75, 3.05) is 46.4 Å². The van der Waals surface area contributed by atoms with Crippen molar-refractivity contribution >= 4 is 21.4 Å². The normalized spacial score (nSPS) is 18.1. The highest BCUT2D eigenvalue weighted by molar-refractivity contribution is 7.22. The highest BCUT2D eigenvalue weighted by Crippen LogP contribution is 2.40. The Morgan fingerprint density at radius 3 is 2.25 bits per heavy atom. The van der Waals surface area contributed by atoms with E-state index in [2.05, 4.69) is 89.6 Å². The van der Waals surface area contributed by atoms with Crippen LogP contribution >= 0.6 is 11.3 Å². The molecule has 0 spiro atoms. The SMILES string of the molecule is CN1CCCC1CCOc1ccc(CCc2c(-c3ccc(OCCN4CCCC4)cc3)sc3ccccc23)cc1. The molecular formula is C35H42N2O2S. The molecular weight excluding hydrogens is 512 g/mol. The van der Waals surface area contributed by atoms with Gasteiger partial charge in [-0.2, -0.15) is 0 Å². The van der Waals surface area contributed by atoms with Gasteiger partial charge in [0.15, 0.2) is 0 Å². The van der Waals surface area contributed by atoms with Crippen LogP contribution < -0.4 is 9.47 Å². The van der Waals surface area contributed by atoms with Crippen LogP contribution in [-0.2, 0) is 12.8 Å². The Hall–Kier alpha value is -2.86. The molecule has 4 nitrogen and oxygen atoms in total. The van der Waals surface area contributed by atoms with E-state index < -0.39 is 0 Å². The Bertz CT molecular complexity index is 1360.